The number of aryl methyl sites for hydroxylation is 1. The van der Waals surface area contributed by atoms with Crippen LogP contribution in [-0.2, 0) is 10.0 Å². The molecular formula is C13H18FNO3S. The summed E-state index contributed by atoms with van der Waals surface area (Å²) in [7, 11) is -3.93. The predicted molar refractivity (Wildman–Crippen MR) is 69.7 cm³/mol. The SMILES string of the molecule is Cc1ccc(F)c(S(=O)(=O)N[C@H]2CCCC[C@@H]2O)c1. The lowest BCUT2D eigenvalue weighted by atomic mass is 9.93. The molecule has 0 bridgehead atoms. The third kappa shape index (κ3) is 3.32. The van der Waals surface area contributed by atoms with Gasteiger partial charge in [0.05, 0.1) is 6.10 Å². The van der Waals surface area contributed by atoms with E-state index in [2.05, 4.69) is 4.72 Å². The molecule has 2 rings (SSSR count). The van der Waals surface area contributed by atoms with Crippen LogP contribution in [0.2, 0.25) is 0 Å². The number of halogens is 1. The topological polar surface area (TPSA) is 66.4 Å². The van der Waals surface area contributed by atoms with Gasteiger partial charge >= 0.3 is 0 Å². The lowest BCUT2D eigenvalue weighted by molar-refractivity contribution is 0.101. The highest BCUT2D eigenvalue weighted by atomic mass is 32.2. The highest BCUT2D eigenvalue weighted by Gasteiger charge is 2.29. The highest BCUT2D eigenvalue weighted by molar-refractivity contribution is 7.89. The van der Waals surface area contributed by atoms with Gasteiger partial charge in [0.15, 0.2) is 0 Å². The monoisotopic (exact) mass is 287 g/mol. The maximum Gasteiger partial charge on any atom is 0.243 e. The van der Waals surface area contributed by atoms with Crippen LogP contribution in [0.15, 0.2) is 23.1 Å². The number of nitrogens with one attached hydrogen (secondary N) is 1. The second-order valence-electron chi connectivity index (χ2n) is 5.01. The van der Waals surface area contributed by atoms with Gasteiger partial charge in [-0.2, -0.15) is 0 Å². The van der Waals surface area contributed by atoms with Gasteiger partial charge < -0.3 is 5.11 Å². The van der Waals surface area contributed by atoms with Crippen LogP contribution in [0.3, 0.4) is 0 Å². The first-order valence-corrected chi connectivity index (χ1v) is 7.85. The first-order valence-electron chi connectivity index (χ1n) is 6.37. The minimum absolute atomic E-state index is 0.356. The van der Waals surface area contributed by atoms with Gasteiger partial charge in [0.2, 0.25) is 10.0 Å². The van der Waals surface area contributed by atoms with Crippen molar-refractivity contribution in [2.75, 3.05) is 0 Å². The number of sulfonamides is 1. The van der Waals surface area contributed by atoms with E-state index in [1.165, 1.54) is 12.1 Å². The zero-order valence-corrected chi connectivity index (χ0v) is 11.6. The van der Waals surface area contributed by atoms with E-state index in [1.807, 2.05) is 0 Å². The number of hydrogen-bond acceptors (Lipinski definition) is 3. The standard InChI is InChI=1S/C13H18FNO3S/c1-9-6-7-10(14)13(8-9)19(17,18)15-11-4-2-3-5-12(11)16/h6-8,11-12,15-16H,2-5H2,1H3/t11-,12-/m0/s1. The molecule has 0 heterocycles. The maximum absolute atomic E-state index is 13.6. The summed E-state index contributed by atoms with van der Waals surface area (Å²) in [4.78, 5) is -0.356. The first kappa shape index (κ1) is 14.4. The average Bonchev–Trinajstić information content (AvgIpc) is 2.35. The number of hydrogen-bond donors (Lipinski definition) is 2. The number of benzene rings is 1. The minimum atomic E-state index is -3.93. The normalized spacial score (nSPS) is 24.4. The van der Waals surface area contributed by atoms with Gasteiger partial charge in [-0.3, -0.25) is 0 Å². The zero-order valence-electron chi connectivity index (χ0n) is 10.8. The van der Waals surface area contributed by atoms with Gasteiger partial charge in [-0.25, -0.2) is 17.5 Å². The van der Waals surface area contributed by atoms with Crippen LogP contribution in [0.25, 0.3) is 0 Å². The molecule has 19 heavy (non-hydrogen) atoms. The van der Waals surface area contributed by atoms with Crippen LogP contribution in [0.4, 0.5) is 4.39 Å². The molecule has 1 fully saturated rings. The first-order chi connectivity index (χ1) is 8.90. The van der Waals surface area contributed by atoms with Crippen molar-refractivity contribution in [2.45, 2.75) is 49.6 Å². The lowest BCUT2D eigenvalue weighted by Gasteiger charge is -2.28. The maximum atomic E-state index is 13.6. The van der Waals surface area contributed by atoms with E-state index in [0.717, 1.165) is 18.9 Å². The van der Waals surface area contributed by atoms with Crippen molar-refractivity contribution >= 4 is 10.0 Å². The Bertz CT molecular complexity index is 559. The molecule has 106 valence electrons. The largest absolute Gasteiger partial charge is 0.391 e. The Kier molecular flexibility index (Phi) is 4.23. The Hall–Kier alpha value is -0.980. The van der Waals surface area contributed by atoms with E-state index < -0.39 is 28.0 Å². The Morgan fingerprint density at radius 2 is 2.00 bits per heavy atom. The van der Waals surface area contributed by atoms with Crippen molar-refractivity contribution in [3.05, 3.63) is 29.6 Å². The van der Waals surface area contributed by atoms with Crippen LogP contribution in [0, 0.1) is 12.7 Å². The predicted octanol–water partition coefficient (Wildman–Crippen LogP) is 1.72. The van der Waals surface area contributed by atoms with Crippen LogP contribution in [0.5, 0.6) is 0 Å². The van der Waals surface area contributed by atoms with Gasteiger partial charge in [0.1, 0.15) is 10.7 Å². The summed E-state index contributed by atoms with van der Waals surface area (Å²) in [5.74, 6) is -0.775. The molecule has 2 N–H and O–H groups in total. The summed E-state index contributed by atoms with van der Waals surface area (Å²) in [6, 6.07) is 3.43. The van der Waals surface area contributed by atoms with Gasteiger partial charge in [-0.1, -0.05) is 18.9 Å². The van der Waals surface area contributed by atoms with Crippen molar-refractivity contribution in [1.82, 2.24) is 4.72 Å². The van der Waals surface area contributed by atoms with Crippen LogP contribution < -0.4 is 4.72 Å². The average molecular weight is 287 g/mol. The summed E-state index contributed by atoms with van der Waals surface area (Å²) >= 11 is 0. The summed E-state index contributed by atoms with van der Waals surface area (Å²) in [5, 5.41) is 9.78. The molecule has 0 aromatic heterocycles. The molecular weight excluding hydrogens is 269 g/mol. The Morgan fingerprint density at radius 3 is 2.68 bits per heavy atom. The third-order valence-corrected chi connectivity index (χ3v) is 4.92. The number of aliphatic hydroxyl groups is 1. The molecule has 0 spiro atoms. The Balaban J connectivity index is 2.24. The molecule has 2 atom stereocenters. The van der Waals surface area contributed by atoms with Crippen LogP contribution >= 0.6 is 0 Å². The van der Waals surface area contributed by atoms with Crippen molar-refractivity contribution in [1.29, 1.82) is 0 Å². The van der Waals surface area contributed by atoms with Crippen molar-refractivity contribution < 1.29 is 17.9 Å². The summed E-state index contributed by atoms with van der Waals surface area (Å²) < 4.78 is 40.4. The second kappa shape index (κ2) is 5.56. The smallest absolute Gasteiger partial charge is 0.243 e. The van der Waals surface area contributed by atoms with E-state index >= 15 is 0 Å². The van der Waals surface area contributed by atoms with Gasteiger partial charge in [0.25, 0.3) is 0 Å². The Labute approximate surface area is 112 Å². The van der Waals surface area contributed by atoms with E-state index in [0.29, 0.717) is 18.4 Å². The summed E-state index contributed by atoms with van der Waals surface area (Å²) in [5.41, 5.74) is 0.672. The Morgan fingerprint density at radius 1 is 1.32 bits per heavy atom. The lowest BCUT2D eigenvalue weighted by Crippen LogP contribution is -2.45. The quantitative estimate of drug-likeness (QED) is 0.889. The molecule has 6 heteroatoms. The molecule has 1 saturated carbocycles. The second-order valence-corrected chi connectivity index (χ2v) is 6.70. The molecule has 0 unspecified atom stereocenters. The number of aliphatic hydroxyl groups excluding tert-OH is 1. The van der Waals surface area contributed by atoms with E-state index in [1.54, 1.807) is 6.92 Å². The van der Waals surface area contributed by atoms with Crippen molar-refractivity contribution in [2.24, 2.45) is 0 Å². The fraction of sp³-hybridized carbons (Fsp3) is 0.538. The van der Waals surface area contributed by atoms with Crippen molar-refractivity contribution in [3.63, 3.8) is 0 Å². The summed E-state index contributed by atoms with van der Waals surface area (Å²) in [6.07, 6.45) is 2.20. The number of rotatable bonds is 3. The zero-order chi connectivity index (χ0) is 14.0. The molecule has 1 aliphatic carbocycles. The third-order valence-electron chi connectivity index (χ3n) is 3.41. The highest BCUT2D eigenvalue weighted by Crippen LogP contribution is 2.22. The minimum Gasteiger partial charge on any atom is -0.391 e. The fourth-order valence-corrected chi connectivity index (χ4v) is 3.79. The van der Waals surface area contributed by atoms with Gasteiger partial charge in [-0.15, -0.1) is 0 Å². The van der Waals surface area contributed by atoms with Crippen LogP contribution in [-0.4, -0.2) is 25.7 Å². The molecule has 4 nitrogen and oxygen atoms in total. The molecule has 0 amide bonds. The molecule has 1 aromatic carbocycles. The fourth-order valence-electron chi connectivity index (χ4n) is 2.33. The van der Waals surface area contributed by atoms with Crippen molar-refractivity contribution in [3.8, 4) is 0 Å². The van der Waals surface area contributed by atoms with Crippen LogP contribution in [0.1, 0.15) is 31.2 Å². The van der Waals surface area contributed by atoms with Gasteiger partial charge in [-0.05, 0) is 37.5 Å². The molecule has 0 radical (unpaired) electrons. The molecule has 1 aliphatic rings. The summed E-state index contributed by atoms with van der Waals surface area (Å²) in [6.45, 7) is 1.70. The molecule has 0 saturated heterocycles. The van der Waals surface area contributed by atoms with E-state index in [4.69, 9.17) is 0 Å². The van der Waals surface area contributed by atoms with E-state index in [9.17, 15) is 17.9 Å². The van der Waals surface area contributed by atoms with E-state index in [-0.39, 0.29) is 4.90 Å². The molecule has 0 aliphatic heterocycles. The van der Waals surface area contributed by atoms with Gasteiger partial charge in [0, 0.05) is 6.04 Å². The molecule has 1 aromatic rings.